The second-order valence-corrected chi connectivity index (χ2v) is 12.3. The number of nitrogens with one attached hydrogen (secondary N) is 4. The predicted octanol–water partition coefficient (Wildman–Crippen LogP) is 3.81. The molecule has 0 aliphatic heterocycles. The Kier molecular flexibility index (Phi) is 11.4. The number of carbonyl (C=O) groups excluding carboxylic acids is 4. The zero-order valence-corrected chi connectivity index (χ0v) is 27.2. The number of esters is 1. The molecule has 0 spiro atoms. The third kappa shape index (κ3) is 9.83. The highest BCUT2D eigenvalue weighted by Crippen LogP contribution is 2.20. The number of hydrogen-bond donors (Lipinski definition) is 5. The molecule has 4 aromatic rings. The highest BCUT2D eigenvalue weighted by Gasteiger charge is 2.32. The van der Waals surface area contributed by atoms with Crippen molar-refractivity contribution in [2.24, 2.45) is 0 Å². The number of phenolic OH excluding ortho intramolecular Hbond substituents is 1. The number of para-hydroxylation sites is 1. The van der Waals surface area contributed by atoms with Crippen molar-refractivity contribution >= 4 is 34.8 Å². The van der Waals surface area contributed by atoms with Crippen LogP contribution in [0.3, 0.4) is 0 Å². The van der Waals surface area contributed by atoms with Gasteiger partial charge >= 0.3 is 12.1 Å². The molecule has 0 unspecified atom stereocenters. The molecule has 12 heteroatoms. The van der Waals surface area contributed by atoms with Crippen LogP contribution in [-0.2, 0) is 43.1 Å². The largest absolute Gasteiger partial charge is 0.508 e. The molecule has 1 heterocycles. The summed E-state index contributed by atoms with van der Waals surface area (Å²) < 4.78 is 10.4. The van der Waals surface area contributed by atoms with E-state index in [1.54, 1.807) is 63.4 Å². The van der Waals surface area contributed by atoms with Gasteiger partial charge in [0.15, 0.2) is 0 Å². The first-order valence-electron chi connectivity index (χ1n) is 15.3. The summed E-state index contributed by atoms with van der Waals surface area (Å²) in [6.07, 6.45) is 1.08. The fraction of sp³-hybridized carbons (Fsp3) is 0.306. The first-order chi connectivity index (χ1) is 22.8. The number of aromatic hydroxyl groups is 1. The van der Waals surface area contributed by atoms with Crippen LogP contribution in [0.5, 0.6) is 5.75 Å². The molecule has 250 valence electrons. The number of aromatic nitrogens is 1. The number of fused-ring (bicyclic) bond motifs is 1. The molecule has 3 atom stereocenters. The van der Waals surface area contributed by atoms with Gasteiger partial charge in [-0.1, -0.05) is 42.5 Å². The molecule has 48 heavy (non-hydrogen) atoms. The van der Waals surface area contributed by atoms with E-state index in [-0.39, 0.29) is 25.0 Å². The van der Waals surface area contributed by atoms with Gasteiger partial charge in [0.25, 0.3) is 0 Å². The van der Waals surface area contributed by atoms with Gasteiger partial charge in [0.1, 0.15) is 29.5 Å². The van der Waals surface area contributed by atoms with Gasteiger partial charge in [-0.2, -0.15) is 5.26 Å². The molecular weight excluding hydrogens is 614 g/mol. The maximum atomic E-state index is 14.0. The Labute approximate surface area is 278 Å². The number of alkyl carbamates (subject to hydrolysis) is 1. The van der Waals surface area contributed by atoms with Crippen molar-refractivity contribution in [1.82, 2.24) is 20.9 Å². The van der Waals surface area contributed by atoms with E-state index in [4.69, 9.17) is 9.47 Å². The van der Waals surface area contributed by atoms with Gasteiger partial charge in [-0.15, -0.1) is 0 Å². The minimum absolute atomic E-state index is 0.00261. The number of nitriles is 1. The number of phenols is 1. The van der Waals surface area contributed by atoms with Gasteiger partial charge in [-0.3, -0.25) is 9.59 Å². The Bertz CT molecular complexity index is 1790. The van der Waals surface area contributed by atoms with Crippen molar-refractivity contribution in [3.8, 4) is 11.8 Å². The van der Waals surface area contributed by atoms with E-state index in [9.17, 15) is 29.5 Å². The quantitative estimate of drug-likeness (QED) is 0.143. The lowest BCUT2D eigenvalue weighted by Crippen LogP contribution is -2.57. The summed E-state index contributed by atoms with van der Waals surface area (Å²) in [6, 6.07) is 18.8. The highest BCUT2D eigenvalue weighted by atomic mass is 16.6. The Morgan fingerprint density at radius 1 is 0.812 bits per heavy atom. The lowest BCUT2D eigenvalue weighted by atomic mass is 10.0. The van der Waals surface area contributed by atoms with Crippen LogP contribution in [0.2, 0.25) is 0 Å². The van der Waals surface area contributed by atoms with Crippen molar-refractivity contribution in [2.75, 3.05) is 7.11 Å². The topological polar surface area (TPSA) is 183 Å². The van der Waals surface area contributed by atoms with Gasteiger partial charge in [0, 0.05) is 36.4 Å². The van der Waals surface area contributed by atoms with E-state index >= 15 is 0 Å². The second kappa shape index (κ2) is 15.6. The summed E-state index contributed by atoms with van der Waals surface area (Å²) >= 11 is 0. The van der Waals surface area contributed by atoms with Crippen molar-refractivity contribution in [3.05, 3.63) is 101 Å². The number of amides is 3. The average Bonchev–Trinajstić information content (AvgIpc) is 3.46. The monoisotopic (exact) mass is 653 g/mol. The molecule has 12 nitrogen and oxygen atoms in total. The molecule has 0 aliphatic carbocycles. The maximum Gasteiger partial charge on any atom is 0.408 e. The van der Waals surface area contributed by atoms with Crippen LogP contribution in [0.15, 0.2) is 79.0 Å². The number of methoxy groups -OCH3 is 1. The molecule has 0 aliphatic rings. The Morgan fingerprint density at radius 2 is 1.38 bits per heavy atom. The molecule has 0 saturated carbocycles. The van der Waals surface area contributed by atoms with E-state index < -0.39 is 47.6 Å². The number of hydrogen-bond acceptors (Lipinski definition) is 8. The van der Waals surface area contributed by atoms with Crippen LogP contribution < -0.4 is 16.0 Å². The summed E-state index contributed by atoms with van der Waals surface area (Å²) in [4.78, 5) is 56.7. The van der Waals surface area contributed by atoms with E-state index in [0.717, 1.165) is 16.5 Å². The Hall–Kier alpha value is -5.83. The number of aromatic amines is 1. The second-order valence-electron chi connectivity index (χ2n) is 12.3. The van der Waals surface area contributed by atoms with Gasteiger partial charge in [-0.25, -0.2) is 9.59 Å². The van der Waals surface area contributed by atoms with Crippen LogP contribution in [0, 0.1) is 11.3 Å². The molecule has 3 aromatic carbocycles. The third-order valence-electron chi connectivity index (χ3n) is 7.44. The standard InChI is InChI=1S/C36H39N5O7/c1-36(2,3)48-35(46)41-30(19-25-21-38-28-8-6-5-7-27(25)28)33(44)39-29(17-22-9-11-24(20-37)12-10-22)32(43)40-31(34(45)47-4)18-23-13-15-26(42)16-14-23/h5-16,21,29-31,38,42H,17-19H2,1-4H3,(H,39,44)(H,40,43)(H,41,46)/t29-,30-,31-/m0/s1. The lowest BCUT2D eigenvalue weighted by molar-refractivity contribution is -0.145. The SMILES string of the molecule is COC(=O)[C@H](Cc1ccc(O)cc1)NC(=O)[C@H](Cc1ccc(C#N)cc1)NC(=O)[C@H](Cc1c[nH]c2ccccc12)NC(=O)OC(C)(C)C. The maximum absolute atomic E-state index is 14.0. The van der Waals surface area contributed by atoms with Crippen LogP contribution in [-0.4, -0.2) is 64.8 Å². The molecule has 3 amide bonds. The number of ether oxygens (including phenoxy) is 2. The first-order valence-corrected chi connectivity index (χ1v) is 15.3. The Morgan fingerprint density at radius 3 is 1.98 bits per heavy atom. The van der Waals surface area contributed by atoms with E-state index in [0.29, 0.717) is 16.7 Å². The van der Waals surface area contributed by atoms with Gasteiger partial charge in [-0.05, 0) is 67.8 Å². The van der Waals surface area contributed by atoms with Crippen LogP contribution in [0.25, 0.3) is 10.9 Å². The van der Waals surface area contributed by atoms with Crippen molar-refractivity contribution in [3.63, 3.8) is 0 Å². The molecule has 5 N–H and O–H groups in total. The zero-order chi connectivity index (χ0) is 34.8. The number of benzene rings is 3. The van der Waals surface area contributed by atoms with Crippen molar-refractivity contribution < 1.29 is 33.8 Å². The minimum Gasteiger partial charge on any atom is -0.508 e. The highest BCUT2D eigenvalue weighted by molar-refractivity contribution is 5.94. The van der Waals surface area contributed by atoms with E-state index in [1.807, 2.05) is 30.3 Å². The van der Waals surface area contributed by atoms with E-state index in [2.05, 4.69) is 20.9 Å². The van der Waals surface area contributed by atoms with E-state index in [1.165, 1.54) is 19.2 Å². The van der Waals surface area contributed by atoms with Crippen molar-refractivity contribution in [1.29, 1.82) is 5.26 Å². The summed E-state index contributed by atoms with van der Waals surface area (Å²) in [5.41, 5.74) is 2.49. The van der Waals surface area contributed by atoms with Crippen LogP contribution >= 0.6 is 0 Å². The fourth-order valence-electron chi connectivity index (χ4n) is 5.09. The Balaban J connectivity index is 1.62. The number of H-pyrrole nitrogens is 1. The summed E-state index contributed by atoms with van der Waals surface area (Å²) in [7, 11) is 1.20. The van der Waals surface area contributed by atoms with Crippen LogP contribution in [0.1, 0.15) is 43.0 Å². The number of rotatable bonds is 12. The molecule has 0 bridgehead atoms. The first kappa shape index (κ1) is 35.0. The lowest BCUT2D eigenvalue weighted by Gasteiger charge is -2.26. The molecular formula is C36H39N5O7. The zero-order valence-electron chi connectivity index (χ0n) is 27.2. The molecule has 1 aromatic heterocycles. The normalized spacial score (nSPS) is 13.0. The van der Waals surface area contributed by atoms with Crippen LogP contribution in [0.4, 0.5) is 4.79 Å². The summed E-state index contributed by atoms with van der Waals surface area (Å²) in [5, 5.41) is 27.9. The number of nitrogens with zero attached hydrogens (tertiary/aromatic N) is 1. The van der Waals surface area contributed by atoms with Gasteiger partial charge in [0.2, 0.25) is 11.8 Å². The fourth-order valence-corrected chi connectivity index (χ4v) is 5.09. The summed E-state index contributed by atoms with van der Waals surface area (Å²) in [5.74, 6) is -1.99. The molecule has 4 rings (SSSR count). The smallest absolute Gasteiger partial charge is 0.408 e. The summed E-state index contributed by atoms with van der Waals surface area (Å²) in [6.45, 7) is 5.11. The van der Waals surface area contributed by atoms with Gasteiger partial charge < -0.3 is 35.5 Å². The molecule has 0 saturated heterocycles. The van der Waals surface area contributed by atoms with Gasteiger partial charge in [0.05, 0.1) is 18.7 Å². The van der Waals surface area contributed by atoms with Crippen molar-refractivity contribution in [2.45, 2.75) is 63.8 Å². The molecule has 0 radical (unpaired) electrons. The number of carbonyl (C=O) groups is 4. The predicted molar refractivity (Wildman–Crippen MR) is 178 cm³/mol. The third-order valence-corrected chi connectivity index (χ3v) is 7.44. The minimum atomic E-state index is -1.21. The molecule has 0 fully saturated rings. The average molecular weight is 654 g/mol.